The molecular weight excluding hydrogens is 888 g/mol. The van der Waals surface area contributed by atoms with E-state index in [4.69, 9.17) is 14.2 Å². The predicted molar refractivity (Wildman–Crippen MR) is 249 cm³/mol. The number of rotatable bonds is 16. The van der Waals surface area contributed by atoms with E-state index in [2.05, 4.69) is 105 Å². The number of ether oxygens (including phenoxy) is 3. The van der Waals surface area contributed by atoms with Crippen molar-refractivity contribution in [3.63, 3.8) is 0 Å². The summed E-state index contributed by atoms with van der Waals surface area (Å²) in [7, 11) is 0. The van der Waals surface area contributed by atoms with E-state index in [1.54, 1.807) is 12.1 Å². The first-order valence-electron chi connectivity index (χ1n) is 19.9. The summed E-state index contributed by atoms with van der Waals surface area (Å²) < 4.78 is 20.4. The number of ketones is 2. The molecule has 0 spiro atoms. The van der Waals surface area contributed by atoms with Crippen molar-refractivity contribution in [1.29, 1.82) is 0 Å². The Balaban J connectivity index is 0.979. The van der Waals surface area contributed by atoms with Crippen molar-refractivity contribution >= 4 is 43.4 Å². The van der Waals surface area contributed by atoms with Gasteiger partial charge in [0.25, 0.3) is 0 Å². The molecule has 0 N–H and O–H groups in total. The lowest BCUT2D eigenvalue weighted by atomic mass is 9.95. The van der Waals surface area contributed by atoms with Crippen LogP contribution in [-0.4, -0.2) is 24.8 Å². The van der Waals surface area contributed by atoms with Gasteiger partial charge in [0.05, 0.1) is 0 Å². The summed E-state index contributed by atoms with van der Waals surface area (Å²) in [6.45, 7) is -0.0931. The topological polar surface area (TPSA) is 61.8 Å². The molecule has 0 fully saturated rings. The minimum atomic E-state index is -0.361. The normalized spacial score (nSPS) is 12.0. The fourth-order valence-electron chi connectivity index (χ4n) is 7.11. The monoisotopic (exact) mass is 926 g/mol. The molecule has 2 unspecified atom stereocenters. The average Bonchev–Trinajstić information content (AvgIpc) is 3.32. The molecule has 0 aliphatic rings. The van der Waals surface area contributed by atoms with Crippen LogP contribution < -0.4 is 9.47 Å². The molecule has 0 aromatic heterocycles. The lowest BCUT2D eigenvalue weighted by molar-refractivity contribution is 0.0309. The summed E-state index contributed by atoms with van der Waals surface area (Å²) in [4.78, 5) is 25.4. The molecule has 300 valence electrons. The molecule has 8 aromatic carbocycles. The lowest BCUT2D eigenvalue weighted by Gasteiger charge is -2.27. The van der Waals surface area contributed by atoms with Crippen molar-refractivity contribution in [3.8, 4) is 33.8 Å². The molecule has 5 nitrogen and oxygen atoms in total. The number of hydrogen-bond acceptors (Lipinski definition) is 5. The van der Waals surface area contributed by atoms with Crippen LogP contribution in [0.2, 0.25) is 0 Å². The highest BCUT2D eigenvalue weighted by molar-refractivity contribution is 9.10. The zero-order chi connectivity index (χ0) is 42.0. The molecule has 0 amide bonds. The van der Waals surface area contributed by atoms with E-state index in [0.29, 0.717) is 22.6 Å². The number of Topliss-reactive ketones (excluding diaryl/α,β-unsaturated/α-hetero) is 2. The van der Waals surface area contributed by atoms with Crippen molar-refractivity contribution < 1.29 is 23.8 Å². The molecule has 7 heteroatoms. The lowest BCUT2D eigenvalue weighted by Crippen LogP contribution is -2.13. The minimum absolute atomic E-state index is 0.0465. The summed E-state index contributed by atoms with van der Waals surface area (Å²) in [6.07, 6.45) is -0.721. The molecule has 0 aliphatic heterocycles. The van der Waals surface area contributed by atoms with Crippen molar-refractivity contribution in [2.75, 3.05) is 13.2 Å². The third-order valence-corrected chi connectivity index (χ3v) is 11.8. The second-order valence-electron chi connectivity index (χ2n) is 14.4. The third-order valence-electron chi connectivity index (χ3n) is 10.4. The first-order chi connectivity index (χ1) is 29.9. The van der Waals surface area contributed by atoms with Crippen LogP contribution in [0.15, 0.2) is 215 Å². The Kier molecular flexibility index (Phi) is 13.4. The Morgan fingerprint density at radius 1 is 0.361 bits per heavy atom. The van der Waals surface area contributed by atoms with E-state index in [0.717, 1.165) is 53.5 Å². The quantitative estimate of drug-likeness (QED) is 0.0904. The van der Waals surface area contributed by atoms with Gasteiger partial charge in [-0.05, 0) is 80.9 Å². The van der Waals surface area contributed by atoms with E-state index in [9.17, 15) is 9.59 Å². The number of benzene rings is 8. The first kappa shape index (κ1) is 41.4. The number of hydrogen-bond donors (Lipinski definition) is 0. The molecule has 8 rings (SSSR count). The molecule has 0 saturated heterocycles. The van der Waals surface area contributed by atoms with Crippen molar-refractivity contribution in [2.24, 2.45) is 0 Å². The summed E-state index contributed by atoms with van der Waals surface area (Å²) in [5, 5.41) is 0. The van der Waals surface area contributed by atoms with Crippen LogP contribution in [0.1, 0.15) is 55.2 Å². The van der Waals surface area contributed by atoms with E-state index >= 15 is 0 Å². The Morgan fingerprint density at radius 3 is 1.00 bits per heavy atom. The molecule has 0 radical (unpaired) electrons. The molecule has 8 aromatic rings. The van der Waals surface area contributed by atoms with E-state index in [1.165, 1.54) is 0 Å². The summed E-state index contributed by atoms with van der Waals surface area (Å²) in [5.74, 6) is 1.07. The maximum Gasteiger partial charge on any atom is 0.201 e. The van der Waals surface area contributed by atoms with Gasteiger partial charge in [-0.1, -0.05) is 202 Å². The van der Waals surface area contributed by atoms with Crippen LogP contribution in [-0.2, 0) is 4.74 Å². The third kappa shape index (κ3) is 10.3. The molecule has 0 bridgehead atoms. The Bertz CT molecular complexity index is 2510. The number of halogens is 2. The SMILES string of the molecule is O=C(COc1ccc(-c2ccc(C(OC(c3ccccc3)c3ccc(-c4ccc(OCC(=O)c5ccccc5Br)cc4)cc3)c3ccccc3)cc2)cc1)c1ccccc1Br. The zero-order valence-electron chi connectivity index (χ0n) is 33.0. The maximum absolute atomic E-state index is 12.7. The van der Waals surface area contributed by atoms with Gasteiger partial charge in [-0.3, -0.25) is 9.59 Å². The fourth-order valence-corrected chi connectivity index (χ4v) is 8.12. The van der Waals surface area contributed by atoms with Gasteiger partial charge in [0.15, 0.2) is 13.2 Å². The highest BCUT2D eigenvalue weighted by atomic mass is 79.9. The number of carbonyl (C=O) groups is 2. The maximum atomic E-state index is 12.7. The van der Waals surface area contributed by atoms with E-state index in [-0.39, 0.29) is 37.0 Å². The second-order valence-corrected chi connectivity index (χ2v) is 16.1. The van der Waals surface area contributed by atoms with Gasteiger partial charge in [0.2, 0.25) is 11.6 Å². The highest BCUT2D eigenvalue weighted by Crippen LogP contribution is 2.38. The van der Waals surface area contributed by atoms with Crippen LogP contribution in [0.25, 0.3) is 22.3 Å². The van der Waals surface area contributed by atoms with Gasteiger partial charge in [-0.25, -0.2) is 0 Å². The minimum Gasteiger partial charge on any atom is -0.485 e. The predicted octanol–water partition coefficient (Wildman–Crippen LogP) is 14.0. The zero-order valence-corrected chi connectivity index (χ0v) is 36.2. The Labute approximate surface area is 372 Å². The van der Waals surface area contributed by atoms with Crippen molar-refractivity contribution in [1.82, 2.24) is 0 Å². The Morgan fingerprint density at radius 2 is 0.656 bits per heavy atom. The molecule has 0 heterocycles. The molecule has 0 saturated carbocycles. The molecule has 61 heavy (non-hydrogen) atoms. The van der Waals surface area contributed by atoms with Gasteiger partial charge in [-0.2, -0.15) is 0 Å². The molecular formula is C54H40Br2O5. The number of carbonyl (C=O) groups excluding carboxylic acids is 2. The van der Waals surface area contributed by atoms with Crippen LogP contribution in [0.5, 0.6) is 11.5 Å². The van der Waals surface area contributed by atoms with Crippen molar-refractivity contribution in [2.45, 2.75) is 12.2 Å². The van der Waals surface area contributed by atoms with Crippen molar-refractivity contribution in [3.05, 3.63) is 249 Å². The second kappa shape index (κ2) is 19.8. The van der Waals surface area contributed by atoms with Gasteiger partial charge < -0.3 is 14.2 Å². The smallest absolute Gasteiger partial charge is 0.201 e. The Hall–Kier alpha value is -6.38. The summed E-state index contributed by atoms with van der Waals surface area (Å²) in [5.41, 5.74) is 9.51. The summed E-state index contributed by atoms with van der Waals surface area (Å²) >= 11 is 6.89. The van der Waals surface area contributed by atoms with Crippen LogP contribution in [0, 0.1) is 0 Å². The highest BCUT2D eigenvalue weighted by Gasteiger charge is 2.24. The van der Waals surface area contributed by atoms with Gasteiger partial charge >= 0.3 is 0 Å². The van der Waals surface area contributed by atoms with Gasteiger partial charge in [-0.15, -0.1) is 0 Å². The fraction of sp³-hybridized carbons (Fsp3) is 0.0741. The average molecular weight is 929 g/mol. The van der Waals surface area contributed by atoms with Crippen LogP contribution in [0.4, 0.5) is 0 Å². The van der Waals surface area contributed by atoms with Crippen LogP contribution >= 0.6 is 31.9 Å². The molecule has 2 atom stereocenters. The van der Waals surface area contributed by atoms with E-state index < -0.39 is 0 Å². The van der Waals surface area contributed by atoms with Gasteiger partial charge in [0, 0.05) is 20.1 Å². The standard InChI is InChI=1S/C54H40Br2O5/c55-49-17-9-7-15-47(49)51(57)35-59-45-31-27-39(28-32-45)37-19-23-43(24-20-37)53(41-11-3-1-4-12-41)61-54(42-13-5-2-6-14-42)44-25-21-38(22-26-44)40-29-33-46(34-30-40)60-36-52(58)48-16-8-10-18-50(48)56/h1-34,53-54H,35-36H2. The van der Waals surface area contributed by atoms with Gasteiger partial charge in [0.1, 0.15) is 23.7 Å². The largest absolute Gasteiger partial charge is 0.485 e. The van der Waals surface area contributed by atoms with Crippen LogP contribution in [0.3, 0.4) is 0 Å². The summed E-state index contributed by atoms with van der Waals surface area (Å²) in [6, 6.07) is 67.9. The molecule has 0 aliphatic carbocycles. The van der Waals surface area contributed by atoms with E-state index in [1.807, 2.05) is 121 Å². The first-order valence-corrected chi connectivity index (χ1v) is 21.5.